The molecule has 2 rings (SSSR count). The van der Waals surface area contributed by atoms with Gasteiger partial charge in [0.15, 0.2) is 0 Å². The Morgan fingerprint density at radius 3 is 2.50 bits per heavy atom. The maximum absolute atomic E-state index is 12.8. The molecular weight excluding hydrogens is 252 g/mol. The lowest BCUT2D eigenvalue weighted by Gasteiger charge is -2.36. The summed E-state index contributed by atoms with van der Waals surface area (Å²) in [5.41, 5.74) is 1.68. The van der Waals surface area contributed by atoms with Gasteiger partial charge in [0.2, 0.25) is 0 Å². The molecule has 1 aliphatic heterocycles. The minimum atomic E-state index is 0.119. The molecule has 1 amide bonds. The maximum Gasteiger partial charge on any atom is 0.257 e. The van der Waals surface area contributed by atoms with Gasteiger partial charge in [-0.05, 0) is 26.7 Å². The van der Waals surface area contributed by atoms with Gasteiger partial charge in [-0.25, -0.2) is 0 Å². The largest absolute Gasteiger partial charge is 0.335 e. The monoisotopic (exact) mass is 278 g/mol. The fourth-order valence-corrected chi connectivity index (χ4v) is 2.85. The van der Waals surface area contributed by atoms with Gasteiger partial charge in [0.1, 0.15) is 0 Å². The van der Waals surface area contributed by atoms with Crippen LogP contribution in [-0.4, -0.2) is 45.8 Å². The van der Waals surface area contributed by atoms with E-state index in [0.717, 1.165) is 30.9 Å². The highest BCUT2D eigenvalue weighted by Gasteiger charge is 2.28. The van der Waals surface area contributed by atoms with Gasteiger partial charge in [-0.1, -0.05) is 13.8 Å². The number of amides is 1. The Morgan fingerprint density at radius 1 is 1.40 bits per heavy atom. The summed E-state index contributed by atoms with van der Waals surface area (Å²) in [6.45, 7) is 12.8. The number of rotatable bonds is 3. The number of aromatic nitrogens is 2. The number of hydrogen-bond donors (Lipinski definition) is 1. The van der Waals surface area contributed by atoms with E-state index in [9.17, 15) is 4.79 Å². The SMILES string of the molecule is CCn1cc(C(=O)N2C[C@H](C)N[C@@H](C)C2)c(C(C)C)n1. The average molecular weight is 278 g/mol. The third-order valence-corrected chi connectivity index (χ3v) is 3.74. The van der Waals surface area contributed by atoms with E-state index < -0.39 is 0 Å². The summed E-state index contributed by atoms with van der Waals surface area (Å²) < 4.78 is 1.86. The van der Waals surface area contributed by atoms with Gasteiger partial charge in [0.05, 0.1) is 11.3 Å². The first-order valence-corrected chi connectivity index (χ1v) is 7.55. The molecule has 5 heteroatoms. The van der Waals surface area contributed by atoms with Crippen LogP contribution >= 0.6 is 0 Å². The predicted molar refractivity (Wildman–Crippen MR) is 80.0 cm³/mol. The van der Waals surface area contributed by atoms with Crippen molar-refractivity contribution in [2.75, 3.05) is 13.1 Å². The van der Waals surface area contributed by atoms with Crippen LogP contribution < -0.4 is 5.32 Å². The molecule has 1 aliphatic rings. The van der Waals surface area contributed by atoms with Crippen molar-refractivity contribution in [2.24, 2.45) is 0 Å². The lowest BCUT2D eigenvalue weighted by molar-refractivity contribution is 0.0672. The second kappa shape index (κ2) is 5.95. The van der Waals surface area contributed by atoms with E-state index in [2.05, 4.69) is 38.1 Å². The average Bonchev–Trinajstić information content (AvgIpc) is 2.81. The van der Waals surface area contributed by atoms with Crippen LogP contribution in [0, 0.1) is 0 Å². The highest BCUT2D eigenvalue weighted by atomic mass is 16.2. The molecule has 1 N–H and O–H groups in total. The van der Waals surface area contributed by atoms with E-state index in [-0.39, 0.29) is 11.8 Å². The second-order valence-corrected chi connectivity index (χ2v) is 6.12. The van der Waals surface area contributed by atoms with E-state index in [1.807, 2.05) is 22.7 Å². The molecule has 1 aromatic rings. The fourth-order valence-electron chi connectivity index (χ4n) is 2.85. The van der Waals surface area contributed by atoms with E-state index >= 15 is 0 Å². The van der Waals surface area contributed by atoms with E-state index in [1.54, 1.807) is 0 Å². The summed E-state index contributed by atoms with van der Waals surface area (Å²) in [6.07, 6.45) is 1.90. The summed E-state index contributed by atoms with van der Waals surface area (Å²) in [5, 5.41) is 7.99. The Labute approximate surface area is 121 Å². The number of carbonyl (C=O) groups excluding carboxylic acids is 1. The Balaban J connectivity index is 2.26. The minimum Gasteiger partial charge on any atom is -0.335 e. The van der Waals surface area contributed by atoms with Crippen molar-refractivity contribution in [1.82, 2.24) is 20.0 Å². The normalized spacial score (nSPS) is 23.4. The predicted octanol–water partition coefficient (Wildman–Crippen LogP) is 1.85. The summed E-state index contributed by atoms with van der Waals surface area (Å²) in [5.74, 6) is 0.383. The number of carbonyl (C=O) groups is 1. The van der Waals surface area contributed by atoms with Gasteiger partial charge in [0.25, 0.3) is 5.91 Å². The van der Waals surface area contributed by atoms with Crippen LogP contribution in [0.3, 0.4) is 0 Å². The third kappa shape index (κ3) is 3.03. The molecule has 0 aliphatic carbocycles. The van der Waals surface area contributed by atoms with Crippen molar-refractivity contribution in [3.63, 3.8) is 0 Å². The highest BCUT2D eigenvalue weighted by Crippen LogP contribution is 2.20. The third-order valence-electron chi connectivity index (χ3n) is 3.74. The summed E-state index contributed by atoms with van der Waals surface area (Å²) in [6, 6.07) is 0.679. The number of hydrogen-bond acceptors (Lipinski definition) is 3. The van der Waals surface area contributed by atoms with Gasteiger partial charge in [0, 0.05) is 37.9 Å². The van der Waals surface area contributed by atoms with Crippen LogP contribution in [0.5, 0.6) is 0 Å². The smallest absolute Gasteiger partial charge is 0.257 e. The first-order chi connectivity index (χ1) is 9.42. The fraction of sp³-hybridized carbons (Fsp3) is 0.733. The zero-order valence-electron chi connectivity index (χ0n) is 13.2. The molecule has 2 heterocycles. The second-order valence-electron chi connectivity index (χ2n) is 6.12. The molecule has 0 bridgehead atoms. The molecule has 1 fully saturated rings. The van der Waals surface area contributed by atoms with Crippen LogP contribution in [0.25, 0.3) is 0 Å². The van der Waals surface area contributed by atoms with E-state index in [0.29, 0.717) is 12.1 Å². The quantitative estimate of drug-likeness (QED) is 0.918. The Hall–Kier alpha value is -1.36. The summed E-state index contributed by atoms with van der Waals surface area (Å²) in [7, 11) is 0. The van der Waals surface area contributed by atoms with Crippen LogP contribution in [0.1, 0.15) is 56.6 Å². The zero-order chi connectivity index (χ0) is 14.9. The van der Waals surface area contributed by atoms with Gasteiger partial charge < -0.3 is 10.2 Å². The van der Waals surface area contributed by atoms with Crippen molar-refractivity contribution in [3.05, 3.63) is 17.5 Å². The number of piperazine rings is 1. The lowest BCUT2D eigenvalue weighted by atomic mass is 10.0. The van der Waals surface area contributed by atoms with Crippen LogP contribution in [-0.2, 0) is 6.54 Å². The molecule has 0 spiro atoms. The van der Waals surface area contributed by atoms with Gasteiger partial charge in [-0.15, -0.1) is 0 Å². The van der Waals surface area contributed by atoms with Gasteiger partial charge in [-0.3, -0.25) is 9.48 Å². The Kier molecular flexibility index (Phi) is 4.48. The van der Waals surface area contributed by atoms with Crippen LogP contribution in [0.4, 0.5) is 0 Å². The lowest BCUT2D eigenvalue weighted by Crippen LogP contribution is -2.55. The molecule has 0 aromatic carbocycles. The molecule has 0 radical (unpaired) electrons. The summed E-state index contributed by atoms with van der Waals surface area (Å²) >= 11 is 0. The molecule has 5 nitrogen and oxygen atoms in total. The first kappa shape index (κ1) is 15.0. The Bertz CT molecular complexity index is 470. The standard InChI is InChI=1S/C15H26N4O/c1-6-19-9-13(14(17-19)10(2)3)15(20)18-7-11(4)16-12(5)8-18/h9-12,16H,6-8H2,1-5H3/t11-,12-/m0/s1. The first-order valence-electron chi connectivity index (χ1n) is 7.55. The van der Waals surface area contributed by atoms with Gasteiger partial charge in [-0.2, -0.15) is 5.10 Å². The zero-order valence-corrected chi connectivity index (χ0v) is 13.2. The van der Waals surface area contributed by atoms with Crippen molar-refractivity contribution < 1.29 is 4.79 Å². The molecule has 1 aromatic heterocycles. The molecule has 20 heavy (non-hydrogen) atoms. The van der Waals surface area contributed by atoms with Crippen molar-refractivity contribution in [2.45, 2.75) is 59.2 Å². The van der Waals surface area contributed by atoms with E-state index in [1.165, 1.54) is 0 Å². The van der Waals surface area contributed by atoms with Crippen molar-refractivity contribution in [3.8, 4) is 0 Å². The number of aryl methyl sites for hydroxylation is 1. The van der Waals surface area contributed by atoms with Crippen molar-refractivity contribution >= 4 is 5.91 Å². The molecule has 0 unspecified atom stereocenters. The minimum absolute atomic E-state index is 0.119. The van der Waals surface area contributed by atoms with E-state index in [4.69, 9.17) is 0 Å². The number of nitrogens with zero attached hydrogens (tertiary/aromatic N) is 3. The molecule has 1 saturated heterocycles. The molecule has 2 atom stereocenters. The Morgan fingerprint density at radius 2 is 2.00 bits per heavy atom. The highest BCUT2D eigenvalue weighted by molar-refractivity contribution is 5.95. The molecule has 112 valence electrons. The van der Waals surface area contributed by atoms with Crippen LogP contribution in [0.2, 0.25) is 0 Å². The summed E-state index contributed by atoms with van der Waals surface area (Å²) in [4.78, 5) is 14.7. The number of nitrogens with one attached hydrogen (secondary N) is 1. The maximum atomic E-state index is 12.8. The van der Waals surface area contributed by atoms with Crippen LogP contribution in [0.15, 0.2) is 6.20 Å². The molecule has 0 saturated carbocycles. The van der Waals surface area contributed by atoms with Crippen molar-refractivity contribution in [1.29, 1.82) is 0 Å². The van der Waals surface area contributed by atoms with Gasteiger partial charge >= 0.3 is 0 Å². The topological polar surface area (TPSA) is 50.2 Å². The molecular formula is C15H26N4O.